The Kier molecular flexibility index (Phi) is 11.3. The minimum atomic E-state index is -0.958. The molecule has 208 valence electrons. The topological polar surface area (TPSA) is 181 Å². The van der Waals surface area contributed by atoms with Crippen LogP contribution in [0.4, 0.5) is 14.4 Å². The molecule has 4 N–H and O–H groups in total. The smallest absolute Gasteiger partial charge is 0.441 e. The van der Waals surface area contributed by atoms with Crippen molar-refractivity contribution in [2.45, 2.75) is 58.3 Å². The second-order valence-electron chi connectivity index (χ2n) is 9.24. The van der Waals surface area contributed by atoms with Crippen LogP contribution in [-0.4, -0.2) is 72.2 Å². The highest BCUT2D eigenvalue weighted by Gasteiger charge is 2.38. The van der Waals surface area contributed by atoms with Crippen molar-refractivity contribution >= 4 is 36.0 Å². The molecule has 14 nitrogen and oxygen atoms in total. The molecular formula is C24H33N5O9. The number of nitrogens with zero attached hydrogens (tertiary/aromatic N) is 1. The summed E-state index contributed by atoms with van der Waals surface area (Å²) in [4.78, 5) is 77.0. The number of amides is 6. The number of hydrogen-bond acceptors (Lipinski definition) is 9. The molecule has 0 aliphatic carbocycles. The van der Waals surface area contributed by atoms with E-state index in [4.69, 9.17) is 9.47 Å². The first-order valence-corrected chi connectivity index (χ1v) is 12.0. The summed E-state index contributed by atoms with van der Waals surface area (Å²) in [7, 11) is 0. The lowest BCUT2D eigenvalue weighted by Gasteiger charge is -2.19. The Labute approximate surface area is 219 Å². The van der Waals surface area contributed by atoms with Gasteiger partial charge in [-0.2, -0.15) is 0 Å². The predicted molar refractivity (Wildman–Crippen MR) is 131 cm³/mol. The first kappa shape index (κ1) is 29.9. The summed E-state index contributed by atoms with van der Waals surface area (Å²) < 4.78 is 10.00. The summed E-state index contributed by atoms with van der Waals surface area (Å²) >= 11 is 0. The molecule has 0 aromatic heterocycles. The number of nitrogens with one attached hydrogen (secondary N) is 4. The molecule has 0 bridgehead atoms. The second-order valence-corrected chi connectivity index (χ2v) is 9.24. The summed E-state index contributed by atoms with van der Waals surface area (Å²) in [6, 6.07) is 7.36. The zero-order valence-electron chi connectivity index (χ0n) is 21.5. The lowest BCUT2D eigenvalue weighted by Crippen LogP contribution is -2.42. The highest BCUT2D eigenvalue weighted by molar-refractivity contribution is 6.06. The molecule has 1 atom stereocenters. The van der Waals surface area contributed by atoms with E-state index in [1.165, 1.54) is 0 Å². The Bertz CT molecular complexity index is 1010. The van der Waals surface area contributed by atoms with Crippen molar-refractivity contribution in [2.75, 3.05) is 19.6 Å². The average molecular weight is 536 g/mol. The SMILES string of the molecule is CC(C)(C)OC(=O)NCCC[C@@H]1NC(=O)N(CC(=O)NCCC(=O)ONC(=O)OCc2ccccc2)C1=O. The molecule has 1 aliphatic rings. The van der Waals surface area contributed by atoms with E-state index in [-0.39, 0.29) is 32.5 Å². The van der Waals surface area contributed by atoms with Gasteiger partial charge in [0.15, 0.2) is 0 Å². The van der Waals surface area contributed by atoms with Crippen LogP contribution in [0.15, 0.2) is 30.3 Å². The maximum absolute atomic E-state index is 12.5. The number of benzene rings is 1. The molecule has 38 heavy (non-hydrogen) atoms. The highest BCUT2D eigenvalue weighted by atomic mass is 16.7. The van der Waals surface area contributed by atoms with Crippen LogP contribution in [0.25, 0.3) is 0 Å². The van der Waals surface area contributed by atoms with E-state index < -0.39 is 54.2 Å². The van der Waals surface area contributed by atoms with Gasteiger partial charge in [0.05, 0.1) is 6.42 Å². The molecule has 1 aromatic carbocycles. The van der Waals surface area contributed by atoms with Crippen molar-refractivity contribution in [1.29, 1.82) is 0 Å². The third-order valence-corrected chi connectivity index (χ3v) is 4.86. The molecule has 1 aromatic rings. The highest BCUT2D eigenvalue weighted by Crippen LogP contribution is 2.11. The van der Waals surface area contributed by atoms with Gasteiger partial charge in [0.1, 0.15) is 24.8 Å². The van der Waals surface area contributed by atoms with Gasteiger partial charge in [0.25, 0.3) is 5.91 Å². The number of rotatable bonds is 11. The Morgan fingerprint density at radius 2 is 1.71 bits per heavy atom. The average Bonchev–Trinajstić information content (AvgIpc) is 3.11. The number of alkyl carbamates (subject to hydrolysis) is 1. The first-order valence-electron chi connectivity index (χ1n) is 12.0. The minimum absolute atomic E-state index is 0.00704. The fourth-order valence-electron chi connectivity index (χ4n) is 3.14. The van der Waals surface area contributed by atoms with Gasteiger partial charge in [-0.15, -0.1) is 5.48 Å². The molecule has 2 rings (SSSR count). The Morgan fingerprint density at radius 1 is 1.00 bits per heavy atom. The predicted octanol–water partition coefficient (Wildman–Crippen LogP) is 1.10. The third-order valence-electron chi connectivity index (χ3n) is 4.86. The molecule has 0 radical (unpaired) electrons. The van der Waals surface area contributed by atoms with Gasteiger partial charge < -0.3 is 30.3 Å². The summed E-state index contributed by atoms with van der Waals surface area (Å²) in [6.07, 6.45) is -1.17. The van der Waals surface area contributed by atoms with E-state index in [0.717, 1.165) is 10.5 Å². The molecule has 6 amide bonds. The molecule has 1 saturated heterocycles. The van der Waals surface area contributed by atoms with Crippen LogP contribution in [-0.2, 0) is 35.3 Å². The normalized spacial score (nSPS) is 14.8. The Hall–Kier alpha value is -4.36. The van der Waals surface area contributed by atoms with Crippen LogP contribution in [0.5, 0.6) is 0 Å². The number of urea groups is 1. The number of hydrogen-bond donors (Lipinski definition) is 4. The number of carbonyl (C=O) groups excluding carboxylic acids is 6. The summed E-state index contributed by atoms with van der Waals surface area (Å²) in [5.41, 5.74) is 1.97. The van der Waals surface area contributed by atoms with E-state index in [1.807, 2.05) is 11.5 Å². The summed E-state index contributed by atoms with van der Waals surface area (Å²) in [5.74, 6) is -2.07. The van der Waals surface area contributed by atoms with Crippen LogP contribution in [0.3, 0.4) is 0 Å². The molecule has 1 heterocycles. The second kappa shape index (κ2) is 14.4. The van der Waals surface area contributed by atoms with E-state index in [9.17, 15) is 28.8 Å². The van der Waals surface area contributed by atoms with Gasteiger partial charge in [-0.1, -0.05) is 30.3 Å². The number of ether oxygens (including phenoxy) is 2. The molecule has 0 saturated carbocycles. The van der Waals surface area contributed by atoms with Crippen molar-refractivity contribution in [2.24, 2.45) is 0 Å². The van der Waals surface area contributed by atoms with Crippen molar-refractivity contribution in [1.82, 2.24) is 26.3 Å². The number of carbonyl (C=O) groups is 6. The monoisotopic (exact) mass is 535 g/mol. The van der Waals surface area contributed by atoms with E-state index in [0.29, 0.717) is 6.42 Å². The van der Waals surface area contributed by atoms with Gasteiger partial charge in [-0.25, -0.2) is 19.2 Å². The van der Waals surface area contributed by atoms with Crippen LogP contribution in [0.2, 0.25) is 0 Å². The molecule has 0 spiro atoms. The van der Waals surface area contributed by atoms with Crippen molar-refractivity contribution in [3.05, 3.63) is 35.9 Å². The maximum Gasteiger partial charge on any atom is 0.441 e. The van der Waals surface area contributed by atoms with Gasteiger partial charge in [-0.3, -0.25) is 14.5 Å². The van der Waals surface area contributed by atoms with Gasteiger partial charge in [0.2, 0.25) is 5.91 Å². The number of hydroxylamine groups is 1. The largest absolute Gasteiger partial charge is 0.444 e. The minimum Gasteiger partial charge on any atom is -0.444 e. The van der Waals surface area contributed by atoms with E-state index in [1.54, 1.807) is 45.0 Å². The zero-order chi connectivity index (χ0) is 28.1. The van der Waals surface area contributed by atoms with Crippen LogP contribution >= 0.6 is 0 Å². The van der Waals surface area contributed by atoms with E-state index >= 15 is 0 Å². The zero-order valence-corrected chi connectivity index (χ0v) is 21.5. The maximum atomic E-state index is 12.5. The lowest BCUT2D eigenvalue weighted by molar-refractivity contribution is -0.149. The summed E-state index contributed by atoms with van der Waals surface area (Å²) in [6.45, 7) is 4.76. The molecule has 0 unspecified atom stereocenters. The van der Waals surface area contributed by atoms with Gasteiger partial charge in [-0.05, 0) is 39.2 Å². The molecule has 14 heteroatoms. The fraction of sp³-hybridized carbons (Fsp3) is 0.500. The molecule has 1 aliphatic heterocycles. The Morgan fingerprint density at radius 3 is 2.39 bits per heavy atom. The molecule has 1 fully saturated rings. The van der Waals surface area contributed by atoms with Crippen molar-refractivity contribution in [3.8, 4) is 0 Å². The van der Waals surface area contributed by atoms with Crippen LogP contribution in [0.1, 0.15) is 45.6 Å². The summed E-state index contributed by atoms with van der Waals surface area (Å²) in [5, 5.41) is 7.45. The standard InChI is InChI=1S/C24H33N5O9/c1-24(2,3)37-22(34)26-12-7-10-17-20(32)29(21(33)27-17)14-18(30)25-13-11-19(31)38-28-23(35)36-15-16-8-5-4-6-9-16/h4-6,8-9,17H,7,10-15H2,1-3H3,(H,25,30)(H,26,34)(H,27,33)(H,28,35)/t17-/m0/s1. The Balaban J connectivity index is 1.59. The van der Waals surface area contributed by atoms with Crippen LogP contribution in [0, 0.1) is 0 Å². The van der Waals surface area contributed by atoms with Crippen LogP contribution < -0.4 is 21.4 Å². The third kappa shape index (κ3) is 11.1. The number of imide groups is 1. The van der Waals surface area contributed by atoms with Gasteiger partial charge in [0, 0.05) is 13.1 Å². The quantitative estimate of drug-likeness (QED) is 0.140. The van der Waals surface area contributed by atoms with E-state index in [2.05, 4.69) is 20.8 Å². The fourth-order valence-corrected chi connectivity index (χ4v) is 3.14. The lowest BCUT2D eigenvalue weighted by atomic mass is 10.1. The first-order chi connectivity index (χ1) is 17.9. The van der Waals surface area contributed by atoms with Crippen molar-refractivity contribution < 1.29 is 43.1 Å². The van der Waals surface area contributed by atoms with Crippen molar-refractivity contribution in [3.63, 3.8) is 0 Å². The van der Waals surface area contributed by atoms with Gasteiger partial charge >= 0.3 is 24.2 Å². The molecular weight excluding hydrogens is 502 g/mol.